The Morgan fingerprint density at radius 2 is 1.38 bits per heavy atom. The second-order valence-electron chi connectivity index (χ2n) is 3.86. The molecule has 0 unspecified atom stereocenters. The van der Waals surface area contributed by atoms with E-state index < -0.39 is 0 Å². The average molecular weight is 208 g/mol. The molecule has 0 radical (unpaired) electrons. The molecule has 0 atom stereocenters. The van der Waals surface area contributed by atoms with Gasteiger partial charge in [-0.3, -0.25) is 0 Å². The molecule has 1 aliphatic carbocycles. The van der Waals surface area contributed by atoms with Crippen molar-refractivity contribution in [2.45, 2.75) is 6.10 Å². The first-order valence-corrected chi connectivity index (χ1v) is 5.36. The smallest absolute Gasteiger partial charge is 0.149 e. The van der Waals surface area contributed by atoms with Crippen LogP contribution in [0.15, 0.2) is 61.4 Å². The van der Waals surface area contributed by atoms with Crippen molar-refractivity contribution in [2.24, 2.45) is 0 Å². The van der Waals surface area contributed by atoms with Crippen LogP contribution in [0.25, 0.3) is 11.1 Å². The summed E-state index contributed by atoms with van der Waals surface area (Å²) < 4.78 is 5.62. The Bertz CT molecular complexity index is 497. The van der Waals surface area contributed by atoms with E-state index in [2.05, 4.69) is 43.0 Å². The highest BCUT2D eigenvalue weighted by atomic mass is 16.5. The summed E-state index contributed by atoms with van der Waals surface area (Å²) in [6.07, 6.45) is 1.52. The fourth-order valence-corrected chi connectivity index (χ4v) is 2.35. The largest absolute Gasteiger partial charge is 0.489 e. The maximum absolute atomic E-state index is 5.62. The molecule has 0 aliphatic heterocycles. The molecule has 0 amide bonds. The van der Waals surface area contributed by atoms with E-state index in [0.29, 0.717) is 0 Å². The van der Waals surface area contributed by atoms with E-state index in [9.17, 15) is 0 Å². The molecule has 0 fully saturated rings. The van der Waals surface area contributed by atoms with Crippen LogP contribution in [0.5, 0.6) is 0 Å². The highest BCUT2D eigenvalue weighted by Gasteiger charge is 2.28. The molecule has 2 aromatic rings. The lowest BCUT2D eigenvalue weighted by molar-refractivity contribution is 0.188. The van der Waals surface area contributed by atoms with Crippen LogP contribution in [-0.2, 0) is 4.74 Å². The van der Waals surface area contributed by atoms with Gasteiger partial charge in [-0.05, 0) is 11.1 Å². The molecule has 0 saturated carbocycles. The van der Waals surface area contributed by atoms with Gasteiger partial charge in [-0.15, -0.1) is 0 Å². The minimum absolute atomic E-state index is 0.00454. The fraction of sp³-hybridized carbons (Fsp3) is 0.0667. The number of fused-ring (bicyclic) bond motifs is 3. The van der Waals surface area contributed by atoms with E-state index in [4.69, 9.17) is 4.74 Å². The fourth-order valence-electron chi connectivity index (χ4n) is 2.35. The van der Waals surface area contributed by atoms with Gasteiger partial charge in [-0.1, -0.05) is 55.1 Å². The summed E-state index contributed by atoms with van der Waals surface area (Å²) in [6.45, 7) is 3.65. The molecule has 78 valence electrons. The number of benzene rings is 2. The van der Waals surface area contributed by atoms with Crippen molar-refractivity contribution in [3.63, 3.8) is 0 Å². The van der Waals surface area contributed by atoms with Crippen molar-refractivity contribution in [2.75, 3.05) is 0 Å². The zero-order valence-corrected chi connectivity index (χ0v) is 8.89. The van der Waals surface area contributed by atoms with Gasteiger partial charge in [0, 0.05) is 11.1 Å². The lowest BCUT2D eigenvalue weighted by Crippen LogP contribution is -1.97. The zero-order chi connectivity index (χ0) is 11.0. The molecule has 2 aromatic carbocycles. The summed E-state index contributed by atoms with van der Waals surface area (Å²) >= 11 is 0. The van der Waals surface area contributed by atoms with E-state index in [1.165, 1.54) is 28.5 Å². The van der Waals surface area contributed by atoms with Crippen LogP contribution in [0.1, 0.15) is 17.2 Å². The monoisotopic (exact) mass is 208 g/mol. The Balaban J connectivity index is 2.25. The lowest BCUT2D eigenvalue weighted by atomic mass is 10.1. The first-order chi connectivity index (χ1) is 7.92. The van der Waals surface area contributed by atoms with Crippen molar-refractivity contribution < 1.29 is 4.74 Å². The van der Waals surface area contributed by atoms with Gasteiger partial charge in [0.2, 0.25) is 0 Å². The first-order valence-electron chi connectivity index (χ1n) is 5.36. The van der Waals surface area contributed by atoms with Gasteiger partial charge < -0.3 is 4.74 Å². The zero-order valence-electron chi connectivity index (χ0n) is 8.89. The third-order valence-electron chi connectivity index (χ3n) is 3.01. The van der Waals surface area contributed by atoms with Gasteiger partial charge >= 0.3 is 0 Å². The lowest BCUT2D eigenvalue weighted by Gasteiger charge is -2.12. The Kier molecular flexibility index (Phi) is 2.03. The number of ether oxygens (including phenoxy) is 1. The second kappa shape index (κ2) is 3.53. The first kappa shape index (κ1) is 9.22. The molecule has 16 heavy (non-hydrogen) atoms. The van der Waals surface area contributed by atoms with E-state index in [1.54, 1.807) is 0 Å². The summed E-state index contributed by atoms with van der Waals surface area (Å²) in [5.74, 6) is 0. The molecule has 0 spiro atoms. The Labute approximate surface area is 95.0 Å². The third-order valence-corrected chi connectivity index (χ3v) is 3.01. The Hall–Kier alpha value is -2.02. The van der Waals surface area contributed by atoms with E-state index in [-0.39, 0.29) is 6.10 Å². The minimum atomic E-state index is 0.00454. The van der Waals surface area contributed by atoms with Crippen LogP contribution in [0.2, 0.25) is 0 Å². The van der Waals surface area contributed by atoms with Gasteiger partial charge in [-0.25, -0.2) is 0 Å². The quantitative estimate of drug-likeness (QED) is 0.680. The summed E-state index contributed by atoms with van der Waals surface area (Å²) in [5, 5.41) is 0. The van der Waals surface area contributed by atoms with E-state index >= 15 is 0 Å². The Morgan fingerprint density at radius 1 is 0.875 bits per heavy atom. The molecule has 3 rings (SSSR count). The minimum Gasteiger partial charge on any atom is -0.489 e. The number of hydrogen-bond acceptors (Lipinski definition) is 1. The molecular formula is C15H12O. The third kappa shape index (κ3) is 1.18. The molecule has 0 heterocycles. The molecule has 1 nitrogen and oxygen atoms in total. The van der Waals surface area contributed by atoms with Crippen LogP contribution in [0.4, 0.5) is 0 Å². The number of rotatable bonds is 2. The van der Waals surface area contributed by atoms with Crippen molar-refractivity contribution >= 4 is 0 Å². The van der Waals surface area contributed by atoms with E-state index in [0.717, 1.165) is 0 Å². The molecule has 0 N–H and O–H groups in total. The predicted molar refractivity (Wildman–Crippen MR) is 65.0 cm³/mol. The van der Waals surface area contributed by atoms with Crippen molar-refractivity contribution in [1.82, 2.24) is 0 Å². The average Bonchev–Trinajstić information content (AvgIpc) is 2.66. The molecule has 1 aliphatic rings. The standard InChI is InChI=1S/C15H12O/c1-2-16-15-13-9-5-3-7-11(13)12-8-4-6-10-14(12)15/h2-10,15H,1H2. The molecule has 1 heteroatoms. The molecular weight excluding hydrogens is 196 g/mol. The number of hydrogen-bond donors (Lipinski definition) is 0. The second-order valence-corrected chi connectivity index (χ2v) is 3.86. The van der Waals surface area contributed by atoms with Gasteiger partial charge in [0.25, 0.3) is 0 Å². The van der Waals surface area contributed by atoms with Gasteiger partial charge in [0.05, 0.1) is 6.26 Å². The van der Waals surface area contributed by atoms with E-state index in [1.807, 2.05) is 12.1 Å². The summed E-state index contributed by atoms with van der Waals surface area (Å²) in [5.41, 5.74) is 4.99. The highest BCUT2D eigenvalue weighted by Crippen LogP contribution is 2.44. The van der Waals surface area contributed by atoms with Crippen molar-refractivity contribution in [3.8, 4) is 11.1 Å². The van der Waals surface area contributed by atoms with Crippen LogP contribution in [0.3, 0.4) is 0 Å². The van der Waals surface area contributed by atoms with Gasteiger partial charge in [0.1, 0.15) is 6.10 Å². The maximum Gasteiger partial charge on any atom is 0.149 e. The van der Waals surface area contributed by atoms with Crippen molar-refractivity contribution in [1.29, 1.82) is 0 Å². The summed E-state index contributed by atoms with van der Waals surface area (Å²) in [4.78, 5) is 0. The highest BCUT2D eigenvalue weighted by molar-refractivity contribution is 5.78. The SMILES string of the molecule is C=COC1c2ccccc2-c2ccccc21. The maximum atomic E-state index is 5.62. The summed E-state index contributed by atoms with van der Waals surface area (Å²) in [6, 6.07) is 16.7. The summed E-state index contributed by atoms with van der Waals surface area (Å²) in [7, 11) is 0. The normalized spacial score (nSPS) is 13.0. The van der Waals surface area contributed by atoms with Gasteiger partial charge in [-0.2, -0.15) is 0 Å². The molecule has 0 bridgehead atoms. The van der Waals surface area contributed by atoms with Crippen LogP contribution < -0.4 is 0 Å². The van der Waals surface area contributed by atoms with Crippen molar-refractivity contribution in [3.05, 3.63) is 72.5 Å². The molecule has 0 aromatic heterocycles. The van der Waals surface area contributed by atoms with Crippen LogP contribution >= 0.6 is 0 Å². The topological polar surface area (TPSA) is 9.23 Å². The Morgan fingerprint density at radius 3 is 1.88 bits per heavy atom. The van der Waals surface area contributed by atoms with Crippen LogP contribution in [-0.4, -0.2) is 0 Å². The predicted octanol–water partition coefficient (Wildman–Crippen LogP) is 3.92. The van der Waals surface area contributed by atoms with Gasteiger partial charge in [0.15, 0.2) is 0 Å². The molecule has 0 saturated heterocycles. The van der Waals surface area contributed by atoms with Crippen LogP contribution in [0, 0.1) is 0 Å².